The lowest BCUT2D eigenvalue weighted by Gasteiger charge is -2.45. The second-order valence-corrected chi connectivity index (χ2v) is 5.87. The summed E-state index contributed by atoms with van der Waals surface area (Å²) in [6.07, 6.45) is 1.66. The van der Waals surface area contributed by atoms with Crippen LogP contribution in [-0.2, 0) is 0 Å². The third-order valence-electron chi connectivity index (χ3n) is 3.31. The van der Waals surface area contributed by atoms with E-state index in [-0.39, 0.29) is 5.28 Å². The number of aromatic nitrogens is 3. The molecule has 1 aliphatic rings. The molecular formula is C14H16ClN5O. The van der Waals surface area contributed by atoms with Gasteiger partial charge in [0.1, 0.15) is 17.5 Å². The van der Waals surface area contributed by atoms with Gasteiger partial charge in [0.25, 0.3) is 0 Å². The molecule has 2 aromatic rings. The van der Waals surface area contributed by atoms with Crippen LogP contribution in [0.15, 0.2) is 24.4 Å². The molecule has 0 aliphatic carbocycles. The SMILES string of the molecule is Cc1cnc(Cl)nc1Nc1cccc(N2CC(C)(O)C2)n1. The van der Waals surface area contributed by atoms with Gasteiger partial charge in [-0.05, 0) is 37.6 Å². The Kier molecular flexibility index (Phi) is 3.43. The normalized spacial score (nSPS) is 16.5. The minimum atomic E-state index is -0.623. The molecule has 0 atom stereocenters. The predicted molar refractivity (Wildman–Crippen MR) is 82.1 cm³/mol. The molecule has 110 valence electrons. The zero-order valence-corrected chi connectivity index (χ0v) is 12.6. The van der Waals surface area contributed by atoms with E-state index >= 15 is 0 Å². The molecule has 1 fully saturated rings. The van der Waals surface area contributed by atoms with Gasteiger partial charge in [-0.2, -0.15) is 0 Å². The molecule has 0 saturated carbocycles. The van der Waals surface area contributed by atoms with Gasteiger partial charge in [0.05, 0.1) is 5.60 Å². The zero-order valence-electron chi connectivity index (χ0n) is 11.8. The van der Waals surface area contributed by atoms with Crippen molar-refractivity contribution in [3.8, 4) is 0 Å². The Morgan fingerprint density at radius 3 is 2.81 bits per heavy atom. The van der Waals surface area contributed by atoms with Gasteiger partial charge in [-0.15, -0.1) is 0 Å². The molecule has 0 amide bonds. The van der Waals surface area contributed by atoms with Gasteiger partial charge in [0, 0.05) is 24.8 Å². The fourth-order valence-electron chi connectivity index (χ4n) is 2.28. The number of aryl methyl sites for hydroxylation is 1. The fraction of sp³-hybridized carbons (Fsp3) is 0.357. The van der Waals surface area contributed by atoms with Crippen molar-refractivity contribution in [2.45, 2.75) is 19.4 Å². The van der Waals surface area contributed by atoms with E-state index in [1.807, 2.05) is 36.9 Å². The largest absolute Gasteiger partial charge is 0.386 e. The molecule has 0 radical (unpaired) electrons. The maximum Gasteiger partial charge on any atom is 0.224 e. The van der Waals surface area contributed by atoms with Crippen molar-refractivity contribution < 1.29 is 5.11 Å². The maximum absolute atomic E-state index is 9.80. The van der Waals surface area contributed by atoms with E-state index in [1.54, 1.807) is 6.20 Å². The second-order valence-electron chi connectivity index (χ2n) is 5.53. The van der Waals surface area contributed by atoms with E-state index in [0.717, 1.165) is 11.4 Å². The number of halogens is 1. The summed E-state index contributed by atoms with van der Waals surface area (Å²) in [5.41, 5.74) is 0.264. The topological polar surface area (TPSA) is 74.2 Å². The summed E-state index contributed by atoms with van der Waals surface area (Å²) < 4.78 is 0. The highest BCUT2D eigenvalue weighted by Crippen LogP contribution is 2.27. The highest BCUT2D eigenvalue weighted by Gasteiger charge is 2.37. The summed E-state index contributed by atoms with van der Waals surface area (Å²) in [4.78, 5) is 14.6. The van der Waals surface area contributed by atoms with Crippen LogP contribution in [0, 0.1) is 6.92 Å². The Bertz CT molecular complexity index is 668. The number of hydrogen-bond acceptors (Lipinski definition) is 6. The van der Waals surface area contributed by atoms with Gasteiger partial charge < -0.3 is 15.3 Å². The molecule has 0 spiro atoms. The molecule has 1 saturated heterocycles. The monoisotopic (exact) mass is 305 g/mol. The molecule has 0 aromatic carbocycles. The predicted octanol–water partition coefficient (Wildman–Crippen LogP) is 2.15. The lowest BCUT2D eigenvalue weighted by molar-refractivity contribution is 0.0305. The molecule has 7 heteroatoms. The van der Waals surface area contributed by atoms with E-state index in [2.05, 4.69) is 20.3 Å². The van der Waals surface area contributed by atoms with Crippen molar-refractivity contribution >= 4 is 29.1 Å². The first-order valence-electron chi connectivity index (χ1n) is 6.63. The number of nitrogens with one attached hydrogen (secondary N) is 1. The van der Waals surface area contributed by atoms with Crippen LogP contribution >= 0.6 is 11.6 Å². The molecule has 0 unspecified atom stereocenters. The molecule has 3 heterocycles. The molecule has 0 bridgehead atoms. The lowest BCUT2D eigenvalue weighted by Crippen LogP contribution is -2.60. The van der Waals surface area contributed by atoms with Gasteiger partial charge in [-0.1, -0.05) is 6.07 Å². The summed E-state index contributed by atoms with van der Waals surface area (Å²) >= 11 is 5.81. The Labute approximate surface area is 127 Å². The Balaban J connectivity index is 1.79. The van der Waals surface area contributed by atoms with Crippen LogP contribution in [0.3, 0.4) is 0 Å². The first-order chi connectivity index (χ1) is 9.93. The summed E-state index contributed by atoms with van der Waals surface area (Å²) in [6, 6.07) is 5.69. The van der Waals surface area contributed by atoms with Gasteiger partial charge in [-0.3, -0.25) is 0 Å². The molecule has 21 heavy (non-hydrogen) atoms. The highest BCUT2D eigenvalue weighted by molar-refractivity contribution is 6.28. The van der Waals surface area contributed by atoms with E-state index < -0.39 is 5.60 Å². The summed E-state index contributed by atoms with van der Waals surface area (Å²) in [5, 5.41) is 13.1. The maximum atomic E-state index is 9.80. The Hall–Kier alpha value is -1.92. The van der Waals surface area contributed by atoms with Crippen LogP contribution in [-0.4, -0.2) is 38.7 Å². The summed E-state index contributed by atoms with van der Waals surface area (Å²) in [7, 11) is 0. The van der Waals surface area contributed by atoms with Crippen molar-refractivity contribution in [2.24, 2.45) is 0 Å². The van der Waals surface area contributed by atoms with Crippen LogP contribution in [0.5, 0.6) is 0 Å². The first-order valence-corrected chi connectivity index (χ1v) is 7.01. The minimum absolute atomic E-state index is 0.193. The number of aliphatic hydroxyl groups is 1. The van der Waals surface area contributed by atoms with Crippen molar-refractivity contribution in [1.82, 2.24) is 15.0 Å². The first kappa shape index (κ1) is 14.0. The molecule has 1 aliphatic heterocycles. The molecule has 2 N–H and O–H groups in total. The number of pyridine rings is 1. The van der Waals surface area contributed by atoms with Gasteiger partial charge in [0.15, 0.2) is 0 Å². The third kappa shape index (κ3) is 3.06. The molecule has 3 rings (SSSR count). The summed E-state index contributed by atoms with van der Waals surface area (Å²) in [5.74, 6) is 2.14. The summed E-state index contributed by atoms with van der Waals surface area (Å²) in [6.45, 7) is 4.89. The average molecular weight is 306 g/mol. The smallest absolute Gasteiger partial charge is 0.224 e. The van der Waals surface area contributed by atoms with Crippen LogP contribution in [0.25, 0.3) is 0 Å². The average Bonchev–Trinajstić information content (AvgIpc) is 2.40. The van der Waals surface area contributed by atoms with E-state index in [1.165, 1.54) is 0 Å². The Morgan fingerprint density at radius 2 is 2.10 bits per heavy atom. The number of β-amino-alcohol motifs (C(OH)–C–C–N with tert-alkyl or cyclic N) is 1. The van der Waals surface area contributed by atoms with E-state index in [9.17, 15) is 5.11 Å². The number of anilines is 3. The fourth-order valence-corrected chi connectivity index (χ4v) is 2.41. The zero-order chi connectivity index (χ0) is 15.0. The van der Waals surface area contributed by atoms with Crippen LogP contribution in [0.1, 0.15) is 12.5 Å². The molecule has 6 nitrogen and oxygen atoms in total. The standard InChI is InChI=1S/C14H16ClN5O/c1-9-6-16-13(15)19-12(9)18-10-4-3-5-11(17-10)20-7-14(2,21)8-20/h3-6,21H,7-8H2,1-2H3,(H,16,17,18,19). The van der Waals surface area contributed by atoms with E-state index in [4.69, 9.17) is 11.6 Å². The second kappa shape index (κ2) is 5.13. The minimum Gasteiger partial charge on any atom is -0.386 e. The van der Waals surface area contributed by atoms with Crippen LogP contribution in [0.2, 0.25) is 5.28 Å². The third-order valence-corrected chi connectivity index (χ3v) is 3.49. The van der Waals surface area contributed by atoms with Crippen LogP contribution < -0.4 is 10.2 Å². The van der Waals surface area contributed by atoms with Gasteiger partial charge >= 0.3 is 0 Å². The quantitative estimate of drug-likeness (QED) is 0.846. The highest BCUT2D eigenvalue weighted by atomic mass is 35.5. The number of rotatable bonds is 3. The Morgan fingerprint density at radius 1 is 1.33 bits per heavy atom. The molecule has 2 aromatic heterocycles. The van der Waals surface area contributed by atoms with E-state index in [0.29, 0.717) is 24.7 Å². The van der Waals surface area contributed by atoms with Crippen molar-refractivity contribution in [3.63, 3.8) is 0 Å². The van der Waals surface area contributed by atoms with Gasteiger partial charge in [-0.25, -0.2) is 15.0 Å². The van der Waals surface area contributed by atoms with Crippen molar-refractivity contribution in [1.29, 1.82) is 0 Å². The van der Waals surface area contributed by atoms with Gasteiger partial charge in [0.2, 0.25) is 5.28 Å². The van der Waals surface area contributed by atoms with Crippen molar-refractivity contribution in [3.05, 3.63) is 35.2 Å². The lowest BCUT2D eigenvalue weighted by atomic mass is 9.97. The number of nitrogens with zero attached hydrogens (tertiary/aromatic N) is 4. The number of hydrogen-bond donors (Lipinski definition) is 2. The van der Waals surface area contributed by atoms with Crippen molar-refractivity contribution in [2.75, 3.05) is 23.3 Å². The molecular weight excluding hydrogens is 290 g/mol. The van der Waals surface area contributed by atoms with Crippen LogP contribution in [0.4, 0.5) is 17.5 Å².